The summed E-state index contributed by atoms with van der Waals surface area (Å²) in [6, 6.07) is 7.03. The number of pyridine rings is 4. The molecule has 0 saturated heterocycles. The molecule has 6 rings (SSSR count). The standard InChI is InChI=1S/C20H20Cl2N4O2.C18H16Cl2N4O2/c1-2-3-4-5-9-26-12-14(13-7-6-8-24-19(13)26)18(27)20(28)25-17-15(21)10-23-11-16(17)22;1-10(2)8-24-9-12(11-4-3-5-22-17(11)24)16(25)18(26)23-15-13(19)6-21-7-14(15)20/h6-8,10-12H,2-5,9H2,1H3,(H,23,25,28);3-7,9-10H,8H2,1-2H3,(H,21,23,26). The summed E-state index contributed by atoms with van der Waals surface area (Å²) < 4.78 is 3.81. The molecule has 0 unspecified atom stereocenters. The van der Waals surface area contributed by atoms with Gasteiger partial charge in [-0.1, -0.05) is 86.4 Å². The summed E-state index contributed by atoms with van der Waals surface area (Å²) in [6.45, 7) is 7.71. The van der Waals surface area contributed by atoms with Crippen LogP contribution < -0.4 is 10.6 Å². The molecule has 54 heavy (non-hydrogen) atoms. The molecule has 0 aromatic carbocycles. The minimum Gasteiger partial charge on any atom is -0.332 e. The number of anilines is 2. The lowest BCUT2D eigenvalue weighted by atomic mass is 10.1. The summed E-state index contributed by atoms with van der Waals surface area (Å²) in [4.78, 5) is 66.9. The van der Waals surface area contributed by atoms with Crippen molar-refractivity contribution >= 4 is 103 Å². The van der Waals surface area contributed by atoms with E-state index >= 15 is 0 Å². The minimum atomic E-state index is -0.826. The summed E-state index contributed by atoms with van der Waals surface area (Å²) in [7, 11) is 0. The lowest BCUT2D eigenvalue weighted by Gasteiger charge is -2.07. The topological polar surface area (TPSA) is 154 Å². The Kier molecular flexibility index (Phi) is 13.8. The number of amides is 2. The highest BCUT2D eigenvalue weighted by Crippen LogP contribution is 2.31. The highest BCUT2D eigenvalue weighted by Gasteiger charge is 2.25. The van der Waals surface area contributed by atoms with Gasteiger partial charge in [0.1, 0.15) is 11.3 Å². The lowest BCUT2D eigenvalue weighted by Crippen LogP contribution is -2.23. The average Bonchev–Trinajstić information content (AvgIpc) is 3.71. The normalized spacial score (nSPS) is 11.0. The second kappa shape index (κ2) is 18.4. The maximum absolute atomic E-state index is 12.8. The fourth-order valence-corrected chi connectivity index (χ4v) is 6.58. The molecule has 0 spiro atoms. The predicted molar refractivity (Wildman–Crippen MR) is 213 cm³/mol. The number of nitrogens with zero attached hydrogens (tertiary/aromatic N) is 6. The molecule has 6 aromatic heterocycles. The van der Waals surface area contributed by atoms with Crippen LogP contribution >= 0.6 is 46.4 Å². The van der Waals surface area contributed by atoms with Crippen molar-refractivity contribution in [1.82, 2.24) is 29.1 Å². The number of carbonyl (C=O) groups is 4. The van der Waals surface area contributed by atoms with Gasteiger partial charge < -0.3 is 19.8 Å². The molecule has 0 radical (unpaired) electrons. The van der Waals surface area contributed by atoms with Gasteiger partial charge in [0.2, 0.25) is 0 Å². The number of hydrogen-bond donors (Lipinski definition) is 2. The number of aryl methyl sites for hydroxylation is 1. The largest absolute Gasteiger partial charge is 0.332 e. The van der Waals surface area contributed by atoms with Crippen LogP contribution in [-0.2, 0) is 22.7 Å². The number of fused-ring (bicyclic) bond motifs is 2. The van der Waals surface area contributed by atoms with E-state index in [1.54, 1.807) is 49.1 Å². The minimum absolute atomic E-state index is 0.155. The van der Waals surface area contributed by atoms with E-state index in [4.69, 9.17) is 46.4 Å². The van der Waals surface area contributed by atoms with Gasteiger partial charge in [-0.25, -0.2) is 9.97 Å². The third kappa shape index (κ3) is 9.43. The monoisotopic (exact) mass is 808 g/mol. The van der Waals surface area contributed by atoms with Crippen molar-refractivity contribution in [3.8, 4) is 0 Å². The Hall–Kier alpha value is -4.88. The van der Waals surface area contributed by atoms with Gasteiger partial charge >= 0.3 is 0 Å². The van der Waals surface area contributed by atoms with E-state index < -0.39 is 23.4 Å². The van der Waals surface area contributed by atoms with Gasteiger partial charge in [0, 0.05) is 73.4 Å². The number of hydrogen-bond acceptors (Lipinski definition) is 8. The van der Waals surface area contributed by atoms with Gasteiger partial charge in [-0.05, 0) is 36.6 Å². The van der Waals surface area contributed by atoms with E-state index in [9.17, 15) is 19.2 Å². The van der Waals surface area contributed by atoms with Crippen LogP contribution in [0.4, 0.5) is 11.4 Å². The van der Waals surface area contributed by atoms with E-state index in [0.29, 0.717) is 40.1 Å². The number of unbranched alkanes of at least 4 members (excludes halogenated alkanes) is 3. The zero-order chi connectivity index (χ0) is 38.9. The highest BCUT2D eigenvalue weighted by atomic mass is 35.5. The number of halogens is 4. The fourth-order valence-electron chi connectivity index (χ4n) is 5.67. The van der Waals surface area contributed by atoms with Crippen molar-refractivity contribution in [2.45, 2.75) is 59.5 Å². The second-order valence-corrected chi connectivity index (χ2v) is 14.3. The van der Waals surface area contributed by atoms with Gasteiger partial charge in [-0.2, -0.15) is 0 Å². The van der Waals surface area contributed by atoms with Crippen LogP contribution in [0.5, 0.6) is 0 Å². The SMILES string of the molecule is CC(C)Cn1cc(C(=O)C(=O)Nc2c(Cl)cncc2Cl)c2cccnc21.CCCCCCn1cc(C(=O)C(=O)Nc2c(Cl)cncc2Cl)c2cccnc21. The second-order valence-electron chi connectivity index (χ2n) is 12.7. The van der Waals surface area contributed by atoms with Crippen LogP contribution in [0.15, 0.2) is 73.8 Å². The predicted octanol–water partition coefficient (Wildman–Crippen LogP) is 9.36. The van der Waals surface area contributed by atoms with Crippen LogP contribution in [0.1, 0.15) is 67.2 Å². The molecule has 2 N–H and O–H groups in total. The first-order chi connectivity index (χ1) is 25.9. The van der Waals surface area contributed by atoms with Gasteiger partial charge in [0.05, 0.1) is 42.6 Å². The Balaban J connectivity index is 0.000000208. The maximum Gasteiger partial charge on any atom is 0.296 e. The van der Waals surface area contributed by atoms with Crippen molar-refractivity contribution in [2.75, 3.05) is 10.6 Å². The zero-order valence-corrected chi connectivity index (χ0v) is 32.6. The van der Waals surface area contributed by atoms with Crippen LogP contribution in [0.2, 0.25) is 20.1 Å². The third-order valence-electron chi connectivity index (χ3n) is 8.17. The summed E-state index contributed by atoms with van der Waals surface area (Å²) in [6.07, 6.45) is 16.5. The van der Waals surface area contributed by atoms with Crippen LogP contribution in [-0.4, -0.2) is 52.5 Å². The number of aromatic nitrogens is 6. The molecule has 16 heteroatoms. The molecule has 0 aliphatic heterocycles. The van der Waals surface area contributed by atoms with Gasteiger partial charge in [0.25, 0.3) is 23.4 Å². The molecule has 2 amide bonds. The van der Waals surface area contributed by atoms with E-state index in [1.807, 2.05) is 9.13 Å². The Bertz CT molecular complexity index is 2300. The first kappa shape index (κ1) is 40.3. The smallest absolute Gasteiger partial charge is 0.296 e. The summed E-state index contributed by atoms with van der Waals surface area (Å²) >= 11 is 24.0. The molecule has 12 nitrogen and oxygen atoms in total. The molecule has 0 saturated carbocycles. The van der Waals surface area contributed by atoms with E-state index in [0.717, 1.165) is 32.2 Å². The molecule has 0 atom stereocenters. The number of carbonyl (C=O) groups excluding carboxylic acids is 4. The molecule has 0 aliphatic rings. The molecule has 280 valence electrons. The molecular formula is C38H36Cl4N8O4. The Labute approximate surface area is 331 Å². The molecule has 0 aliphatic carbocycles. The number of rotatable bonds is 13. The Morgan fingerprint density at radius 1 is 0.667 bits per heavy atom. The molecule has 6 heterocycles. The first-order valence-corrected chi connectivity index (χ1v) is 18.6. The summed E-state index contributed by atoms with van der Waals surface area (Å²) in [5.41, 5.74) is 2.27. The van der Waals surface area contributed by atoms with Gasteiger partial charge in [-0.3, -0.25) is 29.1 Å². The van der Waals surface area contributed by atoms with E-state index in [2.05, 4.69) is 51.3 Å². The Morgan fingerprint density at radius 3 is 1.56 bits per heavy atom. The van der Waals surface area contributed by atoms with Crippen molar-refractivity contribution in [1.29, 1.82) is 0 Å². The average molecular weight is 811 g/mol. The number of nitrogens with one attached hydrogen (secondary N) is 2. The van der Waals surface area contributed by atoms with Crippen molar-refractivity contribution in [2.24, 2.45) is 5.92 Å². The van der Waals surface area contributed by atoms with Crippen molar-refractivity contribution < 1.29 is 19.2 Å². The molecule has 0 fully saturated rings. The van der Waals surface area contributed by atoms with Crippen LogP contribution in [0.3, 0.4) is 0 Å². The van der Waals surface area contributed by atoms with Gasteiger partial charge in [0.15, 0.2) is 0 Å². The highest BCUT2D eigenvalue weighted by molar-refractivity contribution is 6.51. The summed E-state index contributed by atoms with van der Waals surface area (Å²) in [5.74, 6) is -2.64. The van der Waals surface area contributed by atoms with Gasteiger partial charge in [-0.15, -0.1) is 0 Å². The zero-order valence-electron chi connectivity index (χ0n) is 29.6. The molecular weight excluding hydrogens is 774 g/mol. The lowest BCUT2D eigenvalue weighted by molar-refractivity contribution is -0.113. The third-order valence-corrected chi connectivity index (χ3v) is 9.31. The van der Waals surface area contributed by atoms with Crippen LogP contribution in [0.25, 0.3) is 22.1 Å². The maximum atomic E-state index is 12.8. The molecule has 0 bridgehead atoms. The van der Waals surface area contributed by atoms with Crippen molar-refractivity contribution in [3.63, 3.8) is 0 Å². The summed E-state index contributed by atoms with van der Waals surface area (Å²) in [5, 5.41) is 6.86. The fraction of sp³-hybridized carbons (Fsp3) is 0.263. The Morgan fingerprint density at radius 2 is 1.11 bits per heavy atom. The van der Waals surface area contributed by atoms with E-state index in [1.165, 1.54) is 24.8 Å². The number of Topliss-reactive ketones (excluding diaryl/α,β-unsaturated/α-hetero) is 2. The quantitative estimate of drug-likeness (QED) is 0.0665. The number of ketones is 2. The molecule has 6 aromatic rings. The first-order valence-electron chi connectivity index (χ1n) is 17.1. The van der Waals surface area contributed by atoms with Crippen molar-refractivity contribution in [3.05, 3.63) is 105 Å². The van der Waals surface area contributed by atoms with Crippen LogP contribution in [0, 0.1) is 5.92 Å². The van der Waals surface area contributed by atoms with E-state index in [-0.39, 0.29) is 37.0 Å².